The summed E-state index contributed by atoms with van der Waals surface area (Å²) in [4.78, 5) is 43.0. The van der Waals surface area contributed by atoms with E-state index >= 15 is 0 Å². The van der Waals surface area contributed by atoms with E-state index in [1.54, 1.807) is 31.2 Å². The number of allylic oxidation sites excluding steroid dienone is 1. The molecule has 35 heavy (non-hydrogen) atoms. The van der Waals surface area contributed by atoms with Crippen LogP contribution in [0.4, 0.5) is 0 Å². The number of benzene rings is 2. The van der Waals surface area contributed by atoms with Crippen molar-refractivity contribution in [2.75, 3.05) is 6.61 Å². The molecule has 0 saturated carbocycles. The molecule has 1 aromatic heterocycles. The highest BCUT2D eigenvalue weighted by molar-refractivity contribution is 7.07. The Morgan fingerprint density at radius 1 is 1.11 bits per heavy atom. The first kappa shape index (κ1) is 24.1. The largest absolute Gasteiger partial charge is 0.458 e. The van der Waals surface area contributed by atoms with E-state index in [2.05, 4.69) is 11.6 Å². The van der Waals surface area contributed by atoms with Crippen LogP contribution in [0, 0.1) is 6.92 Å². The van der Waals surface area contributed by atoms with Gasteiger partial charge in [0.25, 0.3) is 5.56 Å². The number of rotatable bonds is 6. The fourth-order valence-corrected chi connectivity index (χ4v) is 4.86. The predicted molar refractivity (Wildman–Crippen MR) is 134 cm³/mol. The van der Waals surface area contributed by atoms with Gasteiger partial charge in [-0.25, -0.2) is 9.79 Å². The van der Waals surface area contributed by atoms with Gasteiger partial charge in [-0.1, -0.05) is 66.0 Å². The van der Waals surface area contributed by atoms with Crippen LogP contribution in [0.1, 0.15) is 36.6 Å². The monoisotopic (exact) mass is 488 g/mol. The molecular weight excluding hydrogens is 464 g/mol. The van der Waals surface area contributed by atoms with E-state index in [0.717, 1.165) is 11.1 Å². The van der Waals surface area contributed by atoms with Gasteiger partial charge in [0.05, 0.1) is 21.8 Å². The summed E-state index contributed by atoms with van der Waals surface area (Å²) in [5.41, 5.74) is 3.15. The minimum atomic E-state index is -0.755. The number of hydrogen-bond acceptors (Lipinski definition) is 7. The summed E-state index contributed by atoms with van der Waals surface area (Å²) in [6.07, 6.45) is 3.30. The normalized spacial score (nSPS) is 15.3. The summed E-state index contributed by atoms with van der Waals surface area (Å²) < 4.78 is 12.5. The molecule has 0 aliphatic carbocycles. The Bertz CT molecular complexity index is 1510. The second kappa shape index (κ2) is 10.1. The topological polar surface area (TPSA) is 87.0 Å². The second-order valence-electron chi connectivity index (χ2n) is 8.04. The van der Waals surface area contributed by atoms with Crippen LogP contribution in [0.25, 0.3) is 6.08 Å². The minimum absolute atomic E-state index is 0.0333. The third-order valence-electron chi connectivity index (χ3n) is 5.41. The predicted octanol–water partition coefficient (Wildman–Crippen LogP) is 3.20. The SMILES string of the molecule is C=CCOC(=O)C1=C(C)N=c2s/c(=C\c3ccc(C)cc3)c(=O)n2C1c1ccc(OC(C)=O)cc1. The first-order valence-corrected chi connectivity index (χ1v) is 11.8. The summed E-state index contributed by atoms with van der Waals surface area (Å²) >= 11 is 1.26. The van der Waals surface area contributed by atoms with Crippen molar-refractivity contribution < 1.29 is 19.1 Å². The van der Waals surface area contributed by atoms with E-state index in [1.165, 1.54) is 28.9 Å². The van der Waals surface area contributed by atoms with E-state index in [-0.39, 0.29) is 17.7 Å². The molecule has 4 rings (SSSR count). The Hall–Kier alpha value is -4.04. The standard InChI is InChI=1S/C27H24N2O5S/c1-5-14-33-26(32)23-17(3)28-27-29(24(23)20-10-12-21(13-11-20)34-18(4)30)25(31)22(35-27)15-19-8-6-16(2)7-9-19/h5-13,15,24H,1,14H2,2-4H3/b22-15-. The smallest absolute Gasteiger partial charge is 0.338 e. The van der Waals surface area contributed by atoms with Gasteiger partial charge in [-0.05, 0) is 43.2 Å². The summed E-state index contributed by atoms with van der Waals surface area (Å²) in [7, 11) is 0. The lowest BCUT2D eigenvalue weighted by Gasteiger charge is -2.24. The molecule has 0 spiro atoms. The summed E-state index contributed by atoms with van der Waals surface area (Å²) in [5.74, 6) is -0.649. The van der Waals surface area contributed by atoms with Crippen molar-refractivity contribution in [3.05, 3.63) is 109 Å². The van der Waals surface area contributed by atoms with Crippen LogP contribution in [-0.2, 0) is 14.3 Å². The number of aryl methyl sites for hydroxylation is 1. The highest BCUT2D eigenvalue weighted by Gasteiger charge is 2.33. The molecule has 8 heteroatoms. The highest BCUT2D eigenvalue weighted by Crippen LogP contribution is 2.31. The molecule has 178 valence electrons. The maximum absolute atomic E-state index is 13.6. The number of fused-ring (bicyclic) bond motifs is 1. The zero-order valence-electron chi connectivity index (χ0n) is 19.6. The molecule has 0 radical (unpaired) electrons. The lowest BCUT2D eigenvalue weighted by molar-refractivity contribution is -0.138. The van der Waals surface area contributed by atoms with Crippen molar-refractivity contribution in [1.82, 2.24) is 4.57 Å². The van der Waals surface area contributed by atoms with Crippen LogP contribution in [0.15, 0.2) is 82.2 Å². The number of aromatic nitrogens is 1. The maximum atomic E-state index is 13.6. The molecule has 1 atom stereocenters. The van der Waals surface area contributed by atoms with Crippen molar-refractivity contribution in [2.24, 2.45) is 4.99 Å². The molecule has 0 N–H and O–H groups in total. The molecule has 7 nitrogen and oxygen atoms in total. The molecule has 0 bridgehead atoms. The van der Waals surface area contributed by atoms with Crippen molar-refractivity contribution in [1.29, 1.82) is 0 Å². The fourth-order valence-electron chi connectivity index (χ4n) is 3.81. The van der Waals surface area contributed by atoms with Crippen molar-refractivity contribution >= 4 is 29.4 Å². The van der Waals surface area contributed by atoms with E-state index < -0.39 is 18.0 Å². The van der Waals surface area contributed by atoms with Crippen molar-refractivity contribution in [3.63, 3.8) is 0 Å². The van der Waals surface area contributed by atoms with Gasteiger partial charge in [-0.3, -0.25) is 14.2 Å². The van der Waals surface area contributed by atoms with Gasteiger partial charge < -0.3 is 9.47 Å². The third kappa shape index (κ3) is 5.07. The van der Waals surface area contributed by atoms with E-state index in [0.29, 0.717) is 26.3 Å². The van der Waals surface area contributed by atoms with Crippen LogP contribution in [0.5, 0.6) is 5.75 Å². The number of thiazole rings is 1. The number of nitrogens with zero attached hydrogens (tertiary/aromatic N) is 2. The van der Waals surface area contributed by atoms with E-state index in [1.807, 2.05) is 37.3 Å². The summed E-state index contributed by atoms with van der Waals surface area (Å²) in [5, 5.41) is 0. The van der Waals surface area contributed by atoms with Gasteiger partial charge in [0, 0.05) is 6.92 Å². The minimum Gasteiger partial charge on any atom is -0.458 e. The Kier molecular flexibility index (Phi) is 6.93. The molecule has 0 amide bonds. The fraction of sp³-hybridized carbons (Fsp3) is 0.185. The van der Waals surface area contributed by atoms with Crippen LogP contribution in [0.3, 0.4) is 0 Å². The Morgan fingerprint density at radius 3 is 2.43 bits per heavy atom. The number of carbonyl (C=O) groups excluding carboxylic acids is 2. The molecule has 0 fully saturated rings. The second-order valence-corrected chi connectivity index (χ2v) is 9.05. The van der Waals surface area contributed by atoms with Crippen LogP contribution in [0.2, 0.25) is 0 Å². The van der Waals surface area contributed by atoms with Crippen LogP contribution >= 0.6 is 11.3 Å². The number of ether oxygens (including phenoxy) is 2. The molecule has 1 aliphatic rings. The highest BCUT2D eigenvalue weighted by atomic mass is 32.1. The zero-order valence-corrected chi connectivity index (χ0v) is 20.4. The average Bonchev–Trinajstić information content (AvgIpc) is 3.12. The number of carbonyl (C=O) groups is 2. The first-order chi connectivity index (χ1) is 16.8. The molecule has 0 saturated heterocycles. The van der Waals surface area contributed by atoms with Crippen LogP contribution in [-0.4, -0.2) is 23.1 Å². The van der Waals surface area contributed by atoms with E-state index in [4.69, 9.17) is 9.47 Å². The number of esters is 2. The van der Waals surface area contributed by atoms with Gasteiger partial charge in [-0.2, -0.15) is 0 Å². The van der Waals surface area contributed by atoms with Gasteiger partial charge in [0.2, 0.25) is 0 Å². The zero-order chi connectivity index (χ0) is 25.1. The molecular formula is C27H24N2O5S. The van der Waals surface area contributed by atoms with Crippen molar-refractivity contribution in [2.45, 2.75) is 26.8 Å². The molecule has 2 heterocycles. The molecule has 3 aromatic rings. The molecule has 2 aromatic carbocycles. The third-order valence-corrected chi connectivity index (χ3v) is 6.39. The molecule has 1 aliphatic heterocycles. The van der Waals surface area contributed by atoms with Crippen LogP contribution < -0.4 is 19.6 Å². The van der Waals surface area contributed by atoms with E-state index in [9.17, 15) is 14.4 Å². The Balaban J connectivity index is 1.88. The Morgan fingerprint density at radius 2 is 1.80 bits per heavy atom. The van der Waals surface area contributed by atoms with Crippen molar-refractivity contribution in [3.8, 4) is 5.75 Å². The number of hydrogen-bond donors (Lipinski definition) is 0. The lowest BCUT2D eigenvalue weighted by Crippen LogP contribution is -2.39. The van der Waals surface area contributed by atoms with Gasteiger partial charge in [-0.15, -0.1) is 0 Å². The quantitative estimate of drug-likeness (QED) is 0.302. The first-order valence-electron chi connectivity index (χ1n) is 10.9. The van der Waals surface area contributed by atoms with Gasteiger partial charge in [0.15, 0.2) is 4.80 Å². The van der Waals surface area contributed by atoms with Gasteiger partial charge in [0.1, 0.15) is 12.4 Å². The van der Waals surface area contributed by atoms with Gasteiger partial charge >= 0.3 is 11.9 Å². The summed E-state index contributed by atoms with van der Waals surface area (Å²) in [6, 6.07) is 13.8. The average molecular weight is 489 g/mol. The lowest BCUT2D eigenvalue weighted by atomic mass is 9.96. The Labute approximate surface area is 206 Å². The molecule has 1 unspecified atom stereocenters. The summed E-state index contributed by atoms with van der Waals surface area (Å²) in [6.45, 7) is 8.67. The maximum Gasteiger partial charge on any atom is 0.338 e.